The molecule has 0 unspecified atom stereocenters. The number of benzene rings is 2. The smallest absolute Gasteiger partial charge is 0.261 e. The van der Waals surface area contributed by atoms with Crippen molar-refractivity contribution in [1.82, 2.24) is 4.90 Å². The number of carbonyl (C=O) groups excluding carboxylic acids is 1. The zero-order valence-corrected chi connectivity index (χ0v) is 17.0. The number of carbonyl (C=O) groups is 1. The second-order valence-electron chi connectivity index (χ2n) is 7.39. The summed E-state index contributed by atoms with van der Waals surface area (Å²) in [6.07, 6.45) is 2.36. The fourth-order valence-electron chi connectivity index (χ4n) is 3.69. The first-order chi connectivity index (χ1) is 13.4. The van der Waals surface area contributed by atoms with Crippen molar-refractivity contribution in [1.29, 1.82) is 0 Å². The number of amides is 1. The van der Waals surface area contributed by atoms with Crippen LogP contribution in [0.4, 0.5) is 0 Å². The average molecular weight is 420 g/mol. The topological polar surface area (TPSA) is 63.7 Å². The lowest BCUT2D eigenvalue weighted by molar-refractivity contribution is -0.135. The van der Waals surface area contributed by atoms with Gasteiger partial charge in [0.25, 0.3) is 5.91 Å². The van der Waals surface area contributed by atoms with Gasteiger partial charge in [-0.2, -0.15) is 0 Å². The van der Waals surface area contributed by atoms with Gasteiger partial charge in [0.2, 0.25) is 0 Å². The van der Waals surface area contributed by atoms with Crippen molar-refractivity contribution in [3.63, 3.8) is 0 Å². The molecule has 28 heavy (non-hydrogen) atoms. The van der Waals surface area contributed by atoms with E-state index in [0.29, 0.717) is 17.2 Å². The maximum Gasteiger partial charge on any atom is 0.261 e. The summed E-state index contributed by atoms with van der Waals surface area (Å²) in [5, 5.41) is 0.440. The highest BCUT2D eigenvalue weighted by molar-refractivity contribution is 7.91. The van der Waals surface area contributed by atoms with Crippen molar-refractivity contribution in [2.45, 2.75) is 31.3 Å². The van der Waals surface area contributed by atoms with E-state index in [9.17, 15) is 13.2 Å². The summed E-state index contributed by atoms with van der Waals surface area (Å²) in [6.45, 7) is -0.141. The van der Waals surface area contributed by atoms with Crippen molar-refractivity contribution in [3.05, 3.63) is 53.6 Å². The SMILES string of the molecule is O=C(COc1ccc(-c2ccccc2)cc1Cl)N(C1CC1)[C@H]1CCS(=O)(=O)C1. The fraction of sp³-hybridized carbons (Fsp3) is 0.381. The molecule has 7 heteroatoms. The highest BCUT2D eigenvalue weighted by Gasteiger charge is 2.42. The largest absolute Gasteiger partial charge is 0.482 e. The van der Waals surface area contributed by atoms with Gasteiger partial charge in [0.05, 0.1) is 16.5 Å². The van der Waals surface area contributed by atoms with Gasteiger partial charge in [0.1, 0.15) is 5.75 Å². The van der Waals surface area contributed by atoms with Crippen LogP contribution in [0.15, 0.2) is 48.5 Å². The maximum absolute atomic E-state index is 12.8. The standard InChI is InChI=1S/C21H22ClNO4S/c22-19-12-16(15-4-2-1-3-5-15)6-9-20(19)27-13-21(24)23(17-7-8-17)18-10-11-28(25,26)14-18/h1-6,9,12,17-18H,7-8,10-11,13-14H2/t18-/m0/s1. The van der Waals surface area contributed by atoms with Crippen LogP contribution in [-0.4, -0.2) is 49.4 Å². The molecule has 2 aliphatic rings. The minimum atomic E-state index is -3.04. The van der Waals surface area contributed by atoms with E-state index in [-0.39, 0.29) is 36.1 Å². The molecule has 1 saturated heterocycles. The first-order valence-electron chi connectivity index (χ1n) is 9.42. The number of sulfone groups is 1. The fourth-order valence-corrected chi connectivity index (χ4v) is 5.64. The zero-order valence-electron chi connectivity index (χ0n) is 15.4. The van der Waals surface area contributed by atoms with Crippen LogP contribution in [-0.2, 0) is 14.6 Å². The molecule has 0 spiro atoms. The molecule has 1 amide bonds. The Kier molecular flexibility index (Phi) is 5.34. The van der Waals surface area contributed by atoms with E-state index in [1.165, 1.54) is 0 Å². The van der Waals surface area contributed by atoms with E-state index in [4.69, 9.17) is 16.3 Å². The summed E-state index contributed by atoms with van der Waals surface area (Å²) < 4.78 is 29.3. The molecule has 0 aromatic heterocycles. The molecule has 1 aliphatic carbocycles. The van der Waals surface area contributed by atoms with Crippen LogP contribution in [0.3, 0.4) is 0 Å². The molecule has 5 nitrogen and oxygen atoms in total. The Balaban J connectivity index is 1.42. The minimum Gasteiger partial charge on any atom is -0.482 e. The number of rotatable bonds is 6. The Labute approximate surface area is 170 Å². The quantitative estimate of drug-likeness (QED) is 0.718. The number of ether oxygens (including phenoxy) is 1. The van der Waals surface area contributed by atoms with Crippen LogP contribution in [0, 0.1) is 0 Å². The molecule has 0 bridgehead atoms. The van der Waals surface area contributed by atoms with Crippen LogP contribution in [0.2, 0.25) is 5.02 Å². The third kappa shape index (κ3) is 4.33. The highest BCUT2D eigenvalue weighted by atomic mass is 35.5. The first-order valence-corrected chi connectivity index (χ1v) is 11.6. The van der Waals surface area contributed by atoms with Gasteiger partial charge in [0.15, 0.2) is 16.4 Å². The first kappa shape index (κ1) is 19.3. The number of hydrogen-bond acceptors (Lipinski definition) is 4. The lowest BCUT2D eigenvalue weighted by Gasteiger charge is -2.28. The number of nitrogens with zero attached hydrogens (tertiary/aromatic N) is 1. The Hall–Kier alpha value is -2.05. The van der Waals surface area contributed by atoms with Gasteiger partial charge in [0, 0.05) is 12.1 Å². The van der Waals surface area contributed by atoms with Crippen LogP contribution >= 0.6 is 11.6 Å². The van der Waals surface area contributed by atoms with E-state index >= 15 is 0 Å². The molecule has 2 fully saturated rings. The van der Waals surface area contributed by atoms with Crippen LogP contribution in [0.25, 0.3) is 11.1 Å². The predicted octanol–water partition coefficient (Wildman–Crippen LogP) is 3.56. The van der Waals surface area contributed by atoms with Crippen LogP contribution < -0.4 is 4.74 Å². The summed E-state index contributed by atoms with van der Waals surface area (Å²) in [5.74, 6) is 0.487. The maximum atomic E-state index is 12.8. The molecule has 1 heterocycles. The summed E-state index contributed by atoms with van der Waals surface area (Å²) in [5.41, 5.74) is 2.02. The third-order valence-corrected chi connectivity index (χ3v) is 7.27. The normalized spacial score (nSPS) is 20.7. The van der Waals surface area contributed by atoms with Gasteiger partial charge in [-0.3, -0.25) is 4.79 Å². The van der Waals surface area contributed by atoms with E-state index in [1.807, 2.05) is 42.5 Å². The number of halogens is 1. The Morgan fingerprint density at radius 1 is 1.04 bits per heavy atom. The molecule has 2 aromatic carbocycles. The van der Waals surface area contributed by atoms with Gasteiger partial charge in [-0.05, 0) is 42.5 Å². The second kappa shape index (κ2) is 7.76. The zero-order chi connectivity index (χ0) is 19.7. The van der Waals surface area contributed by atoms with Gasteiger partial charge in [-0.15, -0.1) is 0 Å². The molecule has 148 valence electrons. The Morgan fingerprint density at radius 2 is 1.79 bits per heavy atom. The number of hydrogen-bond donors (Lipinski definition) is 0. The van der Waals surface area contributed by atoms with Crippen molar-refractivity contribution in [2.75, 3.05) is 18.1 Å². The van der Waals surface area contributed by atoms with Gasteiger partial charge < -0.3 is 9.64 Å². The monoisotopic (exact) mass is 419 g/mol. The van der Waals surface area contributed by atoms with E-state index in [1.54, 1.807) is 11.0 Å². The summed E-state index contributed by atoms with van der Waals surface area (Å²) in [7, 11) is -3.04. The Bertz CT molecular complexity index is 973. The lowest BCUT2D eigenvalue weighted by Crippen LogP contribution is -2.45. The van der Waals surface area contributed by atoms with Crippen molar-refractivity contribution in [2.24, 2.45) is 0 Å². The van der Waals surface area contributed by atoms with Gasteiger partial charge >= 0.3 is 0 Å². The summed E-state index contributed by atoms with van der Waals surface area (Å²) in [6, 6.07) is 15.3. The van der Waals surface area contributed by atoms with E-state index in [0.717, 1.165) is 24.0 Å². The van der Waals surface area contributed by atoms with Crippen molar-refractivity contribution < 1.29 is 17.9 Å². The molecular formula is C21H22ClNO4S. The van der Waals surface area contributed by atoms with Gasteiger partial charge in [-0.1, -0.05) is 48.0 Å². The molecular weight excluding hydrogens is 398 g/mol. The molecule has 2 aromatic rings. The Morgan fingerprint density at radius 3 is 2.39 bits per heavy atom. The van der Waals surface area contributed by atoms with Crippen molar-refractivity contribution >= 4 is 27.3 Å². The predicted molar refractivity (Wildman–Crippen MR) is 109 cm³/mol. The highest BCUT2D eigenvalue weighted by Crippen LogP contribution is 2.33. The minimum absolute atomic E-state index is 0.0573. The molecule has 1 atom stereocenters. The van der Waals surface area contributed by atoms with Crippen molar-refractivity contribution in [3.8, 4) is 16.9 Å². The molecule has 1 aliphatic heterocycles. The molecule has 0 N–H and O–H groups in total. The molecule has 0 radical (unpaired) electrons. The van der Waals surface area contributed by atoms with E-state index < -0.39 is 9.84 Å². The lowest BCUT2D eigenvalue weighted by atomic mass is 10.1. The molecule has 4 rings (SSSR count). The summed E-state index contributed by atoms with van der Waals surface area (Å²) in [4.78, 5) is 14.5. The van der Waals surface area contributed by atoms with Crippen LogP contribution in [0.1, 0.15) is 19.3 Å². The van der Waals surface area contributed by atoms with Gasteiger partial charge in [-0.25, -0.2) is 8.42 Å². The third-order valence-electron chi connectivity index (χ3n) is 5.22. The van der Waals surface area contributed by atoms with E-state index in [2.05, 4.69) is 0 Å². The average Bonchev–Trinajstić information content (AvgIpc) is 3.44. The summed E-state index contributed by atoms with van der Waals surface area (Å²) >= 11 is 6.35. The molecule has 1 saturated carbocycles. The second-order valence-corrected chi connectivity index (χ2v) is 10.0. The van der Waals surface area contributed by atoms with Crippen LogP contribution in [0.5, 0.6) is 5.75 Å².